The van der Waals surface area contributed by atoms with E-state index >= 15 is 0 Å². The summed E-state index contributed by atoms with van der Waals surface area (Å²) in [4.78, 5) is 55.1. The van der Waals surface area contributed by atoms with Crippen molar-refractivity contribution < 1.29 is 28.7 Å². The van der Waals surface area contributed by atoms with E-state index in [1.54, 1.807) is 65.8 Å². The van der Waals surface area contributed by atoms with E-state index in [1.165, 1.54) is 4.90 Å². The number of rotatable bonds is 12. The molecular weight excluding hydrogens is 546 g/mol. The monoisotopic (exact) mass is 593 g/mol. The highest BCUT2D eigenvalue weighted by molar-refractivity contribution is 5.93. The summed E-state index contributed by atoms with van der Waals surface area (Å²) in [5.74, 6) is -1.63. The van der Waals surface area contributed by atoms with E-state index in [-0.39, 0.29) is 13.0 Å². The molecule has 0 fully saturated rings. The summed E-state index contributed by atoms with van der Waals surface area (Å²) in [6, 6.07) is 13.9. The number of alkyl carbamates (subject to hydrolysis) is 1. The third-order valence-corrected chi connectivity index (χ3v) is 6.42. The number of ether oxygens (including phenoxy) is 2. The van der Waals surface area contributed by atoms with Crippen LogP contribution in [0.2, 0.25) is 0 Å². The largest absolute Gasteiger partial charge is 0.458 e. The van der Waals surface area contributed by atoms with E-state index in [0.717, 1.165) is 11.1 Å². The quantitative estimate of drug-likeness (QED) is 0.310. The van der Waals surface area contributed by atoms with Crippen LogP contribution < -0.4 is 10.6 Å². The van der Waals surface area contributed by atoms with E-state index in [2.05, 4.69) is 17.2 Å². The van der Waals surface area contributed by atoms with Gasteiger partial charge < -0.3 is 25.0 Å². The fourth-order valence-corrected chi connectivity index (χ4v) is 4.36. The second-order valence-electron chi connectivity index (χ2n) is 12.5. The van der Waals surface area contributed by atoms with Gasteiger partial charge in [-0.1, -0.05) is 68.1 Å². The first-order chi connectivity index (χ1) is 20.0. The number of carbonyl (C=O) groups excluding carboxylic acids is 4. The van der Waals surface area contributed by atoms with Crippen LogP contribution in [0.4, 0.5) is 4.79 Å². The number of hydrogen-bond donors (Lipinski definition) is 2. The maximum atomic E-state index is 14.3. The van der Waals surface area contributed by atoms with Crippen LogP contribution in [0.5, 0.6) is 0 Å². The van der Waals surface area contributed by atoms with E-state index in [4.69, 9.17) is 9.47 Å². The summed E-state index contributed by atoms with van der Waals surface area (Å²) in [5.41, 5.74) is 0.600. The molecule has 0 aliphatic heterocycles. The van der Waals surface area contributed by atoms with E-state index in [9.17, 15) is 19.2 Å². The Kier molecular flexibility index (Phi) is 12.5. The Morgan fingerprint density at radius 1 is 0.930 bits per heavy atom. The number of esters is 1. The summed E-state index contributed by atoms with van der Waals surface area (Å²) in [6.07, 6.45) is 1.63. The molecule has 3 unspecified atom stereocenters. The smallest absolute Gasteiger partial charge is 0.408 e. The lowest BCUT2D eigenvalue weighted by Gasteiger charge is -2.37. The van der Waals surface area contributed by atoms with Crippen molar-refractivity contribution in [2.24, 2.45) is 0 Å². The summed E-state index contributed by atoms with van der Waals surface area (Å²) in [6.45, 7) is 17.6. The van der Waals surface area contributed by atoms with E-state index in [0.29, 0.717) is 12.0 Å². The number of nitrogens with zero attached hydrogens (tertiary/aromatic N) is 1. The summed E-state index contributed by atoms with van der Waals surface area (Å²) in [5, 5.41) is 5.40. The van der Waals surface area contributed by atoms with Gasteiger partial charge in [-0.2, -0.15) is 0 Å². The second kappa shape index (κ2) is 15.4. The van der Waals surface area contributed by atoms with Gasteiger partial charge >= 0.3 is 12.1 Å². The predicted molar refractivity (Wildman–Crippen MR) is 168 cm³/mol. The molecule has 0 bridgehead atoms. The van der Waals surface area contributed by atoms with Crippen LogP contribution in [0.3, 0.4) is 0 Å². The Hall–Kier alpha value is -4.14. The summed E-state index contributed by atoms with van der Waals surface area (Å²) < 4.78 is 11.0. The molecule has 3 atom stereocenters. The Labute approximate surface area is 256 Å². The Morgan fingerprint density at radius 2 is 1.56 bits per heavy atom. The zero-order valence-corrected chi connectivity index (χ0v) is 26.7. The van der Waals surface area contributed by atoms with Gasteiger partial charge in [0.1, 0.15) is 29.8 Å². The van der Waals surface area contributed by atoms with Crippen LogP contribution in [0, 0.1) is 0 Å². The fraction of sp³-hybridized carbons (Fsp3) is 0.471. The molecule has 234 valence electrons. The van der Waals surface area contributed by atoms with Crippen LogP contribution in [-0.4, -0.2) is 58.6 Å². The van der Waals surface area contributed by atoms with Crippen LogP contribution in [0.15, 0.2) is 61.2 Å². The van der Waals surface area contributed by atoms with Crippen molar-refractivity contribution >= 4 is 30.0 Å². The molecule has 9 heteroatoms. The molecule has 0 spiro atoms. The molecule has 0 aliphatic carbocycles. The molecule has 0 heterocycles. The molecule has 43 heavy (non-hydrogen) atoms. The SMILES string of the molecule is C=Cc1cccc(C(C(=O)NC(Cc2ccccc2)C(=O)OC(C)(C)C)N(C(=O)CNC(=O)OC(C)(C)C)C(C)CC)c1. The highest BCUT2D eigenvalue weighted by Crippen LogP contribution is 2.27. The van der Waals surface area contributed by atoms with Gasteiger partial charge in [0.25, 0.3) is 0 Å². The minimum absolute atomic E-state index is 0.193. The molecule has 2 N–H and O–H groups in total. The maximum Gasteiger partial charge on any atom is 0.408 e. The Balaban J connectivity index is 2.52. The van der Waals surface area contributed by atoms with Crippen molar-refractivity contribution in [1.29, 1.82) is 0 Å². The third kappa shape index (κ3) is 11.6. The molecule has 2 rings (SSSR count). The van der Waals surface area contributed by atoms with Crippen LogP contribution >= 0.6 is 0 Å². The zero-order valence-electron chi connectivity index (χ0n) is 26.7. The zero-order chi connectivity index (χ0) is 32.4. The molecular formula is C34H47N3O6. The van der Waals surface area contributed by atoms with Gasteiger partial charge in [-0.05, 0) is 77.6 Å². The Morgan fingerprint density at radius 3 is 2.12 bits per heavy atom. The van der Waals surface area contributed by atoms with Gasteiger partial charge in [0.15, 0.2) is 0 Å². The van der Waals surface area contributed by atoms with E-state index in [1.807, 2.05) is 50.2 Å². The van der Waals surface area contributed by atoms with E-state index < -0.39 is 53.2 Å². The first-order valence-corrected chi connectivity index (χ1v) is 14.6. The van der Waals surface area contributed by atoms with Crippen molar-refractivity contribution in [2.75, 3.05) is 6.54 Å². The Bertz CT molecular complexity index is 1260. The third-order valence-electron chi connectivity index (χ3n) is 6.42. The van der Waals surface area contributed by atoms with Crippen molar-refractivity contribution in [1.82, 2.24) is 15.5 Å². The van der Waals surface area contributed by atoms with Gasteiger partial charge in [-0.25, -0.2) is 9.59 Å². The van der Waals surface area contributed by atoms with Crippen molar-refractivity contribution in [3.05, 3.63) is 77.9 Å². The highest BCUT2D eigenvalue weighted by Gasteiger charge is 2.37. The standard InChI is InChI=1S/C34H47N3O6/c1-10-23(3)37(28(38)22-35-32(41)43-34(7,8)9)29(26-19-15-18-24(11-2)20-26)30(39)36-27(31(40)42-33(4,5)6)21-25-16-13-12-14-17-25/h11-20,23,27,29H,2,10,21-22H2,1,3-9H3,(H,35,41)(H,36,39). The number of nitrogens with one attached hydrogen (secondary N) is 2. The van der Waals surface area contributed by atoms with Crippen molar-refractivity contribution in [2.45, 2.75) is 97.6 Å². The van der Waals surface area contributed by atoms with Gasteiger partial charge in [0.05, 0.1) is 0 Å². The van der Waals surface area contributed by atoms with Crippen LogP contribution in [-0.2, 0) is 30.3 Å². The normalized spacial score (nSPS) is 13.6. The number of amides is 3. The highest BCUT2D eigenvalue weighted by atomic mass is 16.6. The van der Waals surface area contributed by atoms with Gasteiger partial charge in [0, 0.05) is 12.5 Å². The summed E-state index contributed by atoms with van der Waals surface area (Å²) >= 11 is 0. The number of hydrogen-bond acceptors (Lipinski definition) is 6. The number of benzene rings is 2. The summed E-state index contributed by atoms with van der Waals surface area (Å²) in [7, 11) is 0. The maximum absolute atomic E-state index is 14.3. The lowest BCUT2D eigenvalue weighted by atomic mass is 9.98. The fourth-order valence-electron chi connectivity index (χ4n) is 4.36. The predicted octanol–water partition coefficient (Wildman–Crippen LogP) is 5.59. The van der Waals surface area contributed by atoms with Gasteiger partial charge in [0.2, 0.25) is 11.8 Å². The molecule has 0 aliphatic rings. The van der Waals surface area contributed by atoms with Gasteiger partial charge in [-0.15, -0.1) is 0 Å². The van der Waals surface area contributed by atoms with Crippen LogP contribution in [0.25, 0.3) is 6.08 Å². The van der Waals surface area contributed by atoms with Crippen molar-refractivity contribution in [3.63, 3.8) is 0 Å². The average Bonchev–Trinajstić information content (AvgIpc) is 2.92. The first-order valence-electron chi connectivity index (χ1n) is 14.6. The second-order valence-corrected chi connectivity index (χ2v) is 12.5. The number of carbonyl (C=O) groups is 4. The van der Waals surface area contributed by atoms with Gasteiger partial charge in [-0.3, -0.25) is 9.59 Å². The molecule has 2 aromatic carbocycles. The molecule has 3 amide bonds. The van der Waals surface area contributed by atoms with Crippen LogP contribution in [0.1, 0.15) is 84.5 Å². The lowest BCUT2D eigenvalue weighted by molar-refractivity contribution is -0.159. The molecule has 0 aromatic heterocycles. The van der Waals surface area contributed by atoms with Crippen molar-refractivity contribution in [3.8, 4) is 0 Å². The molecule has 0 saturated heterocycles. The molecule has 9 nitrogen and oxygen atoms in total. The first kappa shape index (κ1) is 35.1. The average molecular weight is 594 g/mol. The topological polar surface area (TPSA) is 114 Å². The molecule has 0 saturated carbocycles. The minimum atomic E-state index is -1.12. The molecule has 2 aromatic rings. The molecule has 0 radical (unpaired) electrons. The minimum Gasteiger partial charge on any atom is -0.458 e. The lowest BCUT2D eigenvalue weighted by Crippen LogP contribution is -2.54.